The first-order valence-corrected chi connectivity index (χ1v) is 12.8. The minimum absolute atomic E-state index is 0.0638. The third-order valence-corrected chi connectivity index (χ3v) is 7.73. The zero-order valence-corrected chi connectivity index (χ0v) is 20.2. The molecule has 2 heterocycles. The van der Waals surface area contributed by atoms with Crippen LogP contribution in [0.4, 0.5) is 9.52 Å². The summed E-state index contributed by atoms with van der Waals surface area (Å²) < 4.78 is 15.2. The Kier molecular flexibility index (Phi) is 7.81. The van der Waals surface area contributed by atoms with Gasteiger partial charge in [-0.1, -0.05) is 27.3 Å². The number of amides is 1. The topological polar surface area (TPSA) is 48.5 Å². The van der Waals surface area contributed by atoms with Crippen LogP contribution < -0.4 is 10.2 Å². The molecule has 1 N–H and O–H groups in total. The van der Waals surface area contributed by atoms with Crippen molar-refractivity contribution in [2.45, 2.75) is 11.3 Å². The number of hydrogen-bond acceptors (Lipinski definition) is 6. The molecule has 0 spiro atoms. The molecule has 0 aliphatic carbocycles. The second-order valence-electron chi connectivity index (χ2n) is 7.34. The number of fused-ring (bicyclic) bond motifs is 1. The number of nitrogens with one attached hydrogen (secondary N) is 1. The molecule has 1 aromatic heterocycles. The van der Waals surface area contributed by atoms with Crippen molar-refractivity contribution in [2.24, 2.45) is 0 Å². The first-order chi connectivity index (χ1) is 15.1. The molecule has 5 nitrogen and oxygen atoms in total. The van der Waals surface area contributed by atoms with Gasteiger partial charge in [0.15, 0.2) is 5.13 Å². The number of anilines is 1. The van der Waals surface area contributed by atoms with Crippen LogP contribution >= 0.6 is 39.0 Å². The van der Waals surface area contributed by atoms with Crippen molar-refractivity contribution in [2.75, 3.05) is 49.9 Å². The van der Waals surface area contributed by atoms with Crippen molar-refractivity contribution in [1.82, 2.24) is 15.2 Å². The van der Waals surface area contributed by atoms with E-state index in [4.69, 9.17) is 4.98 Å². The fourth-order valence-electron chi connectivity index (χ4n) is 3.42. The quantitative estimate of drug-likeness (QED) is 0.437. The Morgan fingerprint density at radius 2 is 1.94 bits per heavy atom. The van der Waals surface area contributed by atoms with E-state index in [1.807, 2.05) is 6.07 Å². The molecule has 4 rings (SSSR count). The molecule has 0 radical (unpaired) electrons. The minimum Gasteiger partial charge on any atom is -0.355 e. The van der Waals surface area contributed by atoms with E-state index >= 15 is 0 Å². The molecule has 1 amide bonds. The first kappa shape index (κ1) is 22.5. The number of thioether (sulfide) groups is 1. The van der Waals surface area contributed by atoms with Crippen LogP contribution in [0, 0.1) is 5.82 Å². The molecular formula is C22H24BrFN4OS2. The molecule has 3 aromatic rings. The van der Waals surface area contributed by atoms with Crippen LogP contribution in [-0.4, -0.2) is 60.8 Å². The number of carbonyl (C=O) groups is 1. The lowest BCUT2D eigenvalue weighted by atomic mass is 10.3. The Balaban J connectivity index is 1.13. The number of rotatable bonds is 8. The molecule has 31 heavy (non-hydrogen) atoms. The Labute approximate surface area is 198 Å². The van der Waals surface area contributed by atoms with Crippen molar-refractivity contribution in [3.05, 3.63) is 52.8 Å². The summed E-state index contributed by atoms with van der Waals surface area (Å²) >= 11 is 6.83. The standard InChI is InChI=1S/C22H24BrFN4OS2/c23-16-1-6-19-20(15-16)31-22(26-19)28-12-10-27(11-13-28)9-8-25-21(29)7-14-30-18-4-2-17(24)3-5-18/h1-6,15H,7-14H2,(H,25,29). The van der Waals surface area contributed by atoms with Gasteiger partial charge in [-0.2, -0.15) is 0 Å². The van der Waals surface area contributed by atoms with Crippen LogP contribution in [0.25, 0.3) is 10.2 Å². The number of benzene rings is 2. The number of thiazole rings is 1. The molecule has 0 unspecified atom stereocenters. The van der Waals surface area contributed by atoms with Gasteiger partial charge in [-0.25, -0.2) is 9.37 Å². The highest BCUT2D eigenvalue weighted by Crippen LogP contribution is 2.31. The fraction of sp³-hybridized carbons (Fsp3) is 0.364. The minimum atomic E-state index is -0.240. The monoisotopic (exact) mass is 522 g/mol. The van der Waals surface area contributed by atoms with Crippen molar-refractivity contribution < 1.29 is 9.18 Å². The largest absolute Gasteiger partial charge is 0.355 e. The second kappa shape index (κ2) is 10.8. The van der Waals surface area contributed by atoms with E-state index in [1.54, 1.807) is 35.2 Å². The number of nitrogens with zero attached hydrogens (tertiary/aromatic N) is 3. The smallest absolute Gasteiger partial charge is 0.220 e. The Morgan fingerprint density at radius 1 is 1.16 bits per heavy atom. The summed E-state index contributed by atoms with van der Waals surface area (Å²) in [4.78, 5) is 22.5. The normalized spacial score (nSPS) is 14.8. The van der Waals surface area contributed by atoms with Gasteiger partial charge in [0.2, 0.25) is 5.91 Å². The van der Waals surface area contributed by atoms with Crippen LogP contribution in [0.3, 0.4) is 0 Å². The van der Waals surface area contributed by atoms with Crippen LogP contribution in [0.1, 0.15) is 6.42 Å². The number of hydrogen-bond donors (Lipinski definition) is 1. The highest BCUT2D eigenvalue weighted by atomic mass is 79.9. The number of aromatic nitrogens is 1. The fourth-order valence-corrected chi connectivity index (χ4v) is 5.84. The maximum Gasteiger partial charge on any atom is 0.220 e. The molecule has 1 saturated heterocycles. The van der Waals surface area contributed by atoms with Gasteiger partial charge < -0.3 is 10.2 Å². The molecule has 0 bridgehead atoms. The highest BCUT2D eigenvalue weighted by Gasteiger charge is 2.19. The molecule has 9 heteroatoms. The molecule has 0 saturated carbocycles. The molecule has 1 fully saturated rings. The van der Waals surface area contributed by atoms with Crippen molar-refractivity contribution in [1.29, 1.82) is 0 Å². The molecule has 2 aromatic carbocycles. The molecular weight excluding hydrogens is 499 g/mol. The summed E-state index contributed by atoms with van der Waals surface area (Å²) in [6, 6.07) is 12.6. The first-order valence-electron chi connectivity index (χ1n) is 10.3. The summed E-state index contributed by atoms with van der Waals surface area (Å²) in [5.74, 6) is 0.514. The van der Waals surface area contributed by atoms with Crippen molar-refractivity contribution in [3.8, 4) is 0 Å². The average molecular weight is 523 g/mol. The third kappa shape index (κ3) is 6.41. The van der Waals surface area contributed by atoms with Crippen LogP contribution in [0.2, 0.25) is 0 Å². The predicted molar refractivity (Wildman–Crippen MR) is 131 cm³/mol. The van der Waals surface area contributed by atoms with Gasteiger partial charge in [-0.3, -0.25) is 9.69 Å². The summed E-state index contributed by atoms with van der Waals surface area (Å²) in [6.45, 7) is 5.35. The molecule has 1 aliphatic rings. The zero-order valence-electron chi connectivity index (χ0n) is 17.0. The van der Waals surface area contributed by atoms with Gasteiger partial charge in [-0.05, 0) is 42.5 Å². The highest BCUT2D eigenvalue weighted by molar-refractivity contribution is 9.10. The zero-order chi connectivity index (χ0) is 21.6. The van der Waals surface area contributed by atoms with E-state index in [9.17, 15) is 9.18 Å². The summed E-state index contributed by atoms with van der Waals surface area (Å²) in [5.41, 5.74) is 1.05. The number of halogens is 2. The molecule has 1 aliphatic heterocycles. The predicted octanol–water partition coefficient (Wildman–Crippen LogP) is 4.62. The van der Waals surface area contributed by atoms with Crippen molar-refractivity contribution in [3.63, 3.8) is 0 Å². The van der Waals surface area contributed by atoms with E-state index < -0.39 is 0 Å². The van der Waals surface area contributed by atoms with E-state index in [0.717, 1.165) is 52.7 Å². The van der Waals surface area contributed by atoms with E-state index in [2.05, 4.69) is 43.2 Å². The summed E-state index contributed by atoms with van der Waals surface area (Å²) in [7, 11) is 0. The lowest BCUT2D eigenvalue weighted by molar-refractivity contribution is -0.120. The van der Waals surface area contributed by atoms with E-state index in [0.29, 0.717) is 18.7 Å². The lowest BCUT2D eigenvalue weighted by Crippen LogP contribution is -2.48. The SMILES string of the molecule is O=C(CCSc1ccc(F)cc1)NCCN1CCN(c2nc3ccc(Br)cc3s2)CC1. The van der Waals surface area contributed by atoms with Crippen LogP contribution in [-0.2, 0) is 4.79 Å². The maximum absolute atomic E-state index is 12.9. The number of carbonyl (C=O) groups excluding carboxylic acids is 1. The van der Waals surface area contributed by atoms with Crippen LogP contribution in [0.15, 0.2) is 51.8 Å². The van der Waals surface area contributed by atoms with Gasteiger partial charge >= 0.3 is 0 Å². The maximum atomic E-state index is 12.9. The lowest BCUT2D eigenvalue weighted by Gasteiger charge is -2.34. The third-order valence-electron chi connectivity index (χ3n) is 5.14. The van der Waals surface area contributed by atoms with Gasteiger partial charge in [0.25, 0.3) is 0 Å². The van der Waals surface area contributed by atoms with E-state index in [1.165, 1.54) is 16.8 Å². The van der Waals surface area contributed by atoms with Crippen molar-refractivity contribution >= 4 is 60.3 Å². The Morgan fingerprint density at radius 3 is 2.71 bits per heavy atom. The molecule has 0 atom stereocenters. The summed E-state index contributed by atoms with van der Waals surface area (Å²) in [6.07, 6.45) is 0.462. The Hall–Kier alpha value is -1.68. The van der Waals surface area contributed by atoms with Gasteiger partial charge in [-0.15, -0.1) is 11.8 Å². The second-order valence-corrected chi connectivity index (χ2v) is 10.4. The van der Waals surface area contributed by atoms with Crippen LogP contribution in [0.5, 0.6) is 0 Å². The summed E-state index contributed by atoms with van der Waals surface area (Å²) in [5, 5.41) is 4.09. The van der Waals surface area contributed by atoms with Gasteiger partial charge in [0, 0.05) is 60.8 Å². The molecule has 164 valence electrons. The van der Waals surface area contributed by atoms with E-state index in [-0.39, 0.29) is 11.7 Å². The Bertz CT molecular complexity index is 1020. The van der Waals surface area contributed by atoms with Gasteiger partial charge in [0.1, 0.15) is 5.82 Å². The average Bonchev–Trinajstić information content (AvgIpc) is 3.19. The number of piperazine rings is 1. The van der Waals surface area contributed by atoms with Gasteiger partial charge in [0.05, 0.1) is 10.2 Å².